The van der Waals surface area contributed by atoms with Crippen molar-refractivity contribution in [2.24, 2.45) is 5.73 Å². The minimum atomic E-state index is -0.726. The van der Waals surface area contributed by atoms with Crippen LogP contribution in [0, 0.1) is 0 Å². The molecule has 17 heavy (non-hydrogen) atoms. The standard InChI is InChI=1S/C14H21NO2/c1-13(2,3)11-4-6-12(7-5-11)14(10-15)16-8-9-17-14/h4-7H,8-10,15H2,1-3H3. The molecule has 1 aliphatic heterocycles. The van der Waals surface area contributed by atoms with Crippen molar-refractivity contribution in [1.82, 2.24) is 0 Å². The van der Waals surface area contributed by atoms with Crippen LogP contribution in [-0.2, 0) is 20.7 Å². The van der Waals surface area contributed by atoms with Crippen LogP contribution in [0.15, 0.2) is 24.3 Å². The van der Waals surface area contributed by atoms with E-state index in [9.17, 15) is 0 Å². The maximum atomic E-state index is 5.77. The molecule has 0 radical (unpaired) electrons. The molecule has 1 aromatic rings. The van der Waals surface area contributed by atoms with E-state index in [4.69, 9.17) is 15.2 Å². The fourth-order valence-electron chi connectivity index (χ4n) is 2.08. The Balaban J connectivity index is 2.28. The molecular weight excluding hydrogens is 214 g/mol. The number of ether oxygens (including phenoxy) is 2. The van der Waals surface area contributed by atoms with E-state index in [2.05, 4.69) is 45.0 Å². The lowest BCUT2D eigenvalue weighted by Crippen LogP contribution is -2.36. The van der Waals surface area contributed by atoms with Crippen LogP contribution in [0.4, 0.5) is 0 Å². The fourth-order valence-corrected chi connectivity index (χ4v) is 2.08. The van der Waals surface area contributed by atoms with E-state index in [1.165, 1.54) is 5.56 Å². The second-order valence-electron chi connectivity index (χ2n) is 5.48. The molecule has 1 fully saturated rings. The van der Waals surface area contributed by atoms with Gasteiger partial charge in [0.25, 0.3) is 0 Å². The number of hydrogen-bond acceptors (Lipinski definition) is 3. The summed E-state index contributed by atoms with van der Waals surface area (Å²) in [6.07, 6.45) is 0. The summed E-state index contributed by atoms with van der Waals surface area (Å²) in [4.78, 5) is 0. The van der Waals surface area contributed by atoms with Crippen LogP contribution in [0.3, 0.4) is 0 Å². The molecule has 3 nitrogen and oxygen atoms in total. The largest absolute Gasteiger partial charge is 0.342 e. The van der Waals surface area contributed by atoms with Crippen LogP contribution >= 0.6 is 0 Å². The van der Waals surface area contributed by atoms with Gasteiger partial charge in [-0.25, -0.2) is 0 Å². The zero-order valence-corrected chi connectivity index (χ0v) is 10.8. The van der Waals surface area contributed by atoms with Crippen molar-refractivity contribution in [3.05, 3.63) is 35.4 Å². The van der Waals surface area contributed by atoms with E-state index in [0.717, 1.165) is 5.56 Å². The topological polar surface area (TPSA) is 44.5 Å². The van der Waals surface area contributed by atoms with Crippen LogP contribution in [0.25, 0.3) is 0 Å². The van der Waals surface area contributed by atoms with Crippen LogP contribution < -0.4 is 5.73 Å². The van der Waals surface area contributed by atoms with Crippen molar-refractivity contribution >= 4 is 0 Å². The van der Waals surface area contributed by atoms with E-state index < -0.39 is 5.79 Å². The Morgan fingerprint density at radius 1 is 1.12 bits per heavy atom. The lowest BCUT2D eigenvalue weighted by Gasteiger charge is -2.27. The Kier molecular flexibility index (Phi) is 3.25. The van der Waals surface area contributed by atoms with Crippen molar-refractivity contribution in [3.8, 4) is 0 Å². The summed E-state index contributed by atoms with van der Waals surface area (Å²) in [6, 6.07) is 8.35. The zero-order valence-electron chi connectivity index (χ0n) is 10.8. The highest BCUT2D eigenvalue weighted by Crippen LogP contribution is 2.32. The van der Waals surface area contributed by atoms with Crippen LogP contribution in [0.5, 0.6) is 0 Å². The highest BCUT2D eigenvalue weighted by Gasteiger charge is 2.37. The van der Waals surface area contributed by atoms with Crippen molar-refractivity contribution in [2.45, 2.75) is 32.0 Å². The first-order valence-corrected chi connectivity index (χ1v) is 6.07. The smallest absolute Gasteiger partial charge is 0.207 e. The molecule has 0 unspecified atom stereocenters. The molecule has 2 rings (SSSR count). The highest BCUT2D eigenvalue weighted by molar-refractivity contribution is 5.30. The second-order valence-corrected chi connectivity index (χ2v) is 5.48. The number of hydrogen-bond donors (Lipinski definition) is 1. The average molecular weight is 235 g/mol. The summed E-state index contributed by atoms with van der Waals surface area (Å²) in [7, 11) is 0. The van der Waals surface area contributed by atoms with Gasteiger partial charge in [0.15, 0.2) is 0 Å². The fraction of sp³-hybridized carbons (Fsp3) is 0.571. The first-order chi connectivity index (χ1) is 7.98. The Bertz CT molecular complexity index is 372. The van der Waals surface area contributed by atoms with Gasteiger partial charge in [0.05, 0.1) is 19.8 Å². The van der Waals surface area contributed by atoms with Crippen LogP contribution in [0.1, 0.15) is 31.9 Å². The van der Waals surface area contributed by atoms with Crippen LogP contribution in [-0.4, -0.2) is 19.8 Å². The number of nitrogens with two attached hydrogens (primary N) is 1. The number of rotatable bonds is 2. The van der Waals surface area contributed by atoms with Gasteiger partial charge < -0.3 is 15.2 Å². The van der Waals surface area contributed by atoms with Gasteiger partial charge in [-0.2, -0.15) is 0 Å². The van der Waals surface area contributed by atoms with E-state index in [1.54, 1.807) is 0 Å². The maximum absolute atomic E-state index is 5.77. The first-order valence-electron chi connectivity index (χ1n) is 6.07. The number of benzene rings is 1. The van der Waals surface area contributed by atoms with Crippen molar-refractivity contribution in [2.75, 3.05) is 19.8 Å². The van der Waals surface area contributed by atoms with Crippen molar-refractivity contribution in [3.63, 3.8) is 0 Å². The van der Waals surface area contributed by atoms with Gasteiger partial charge in [-0.05, 0) is 11.0 Å². The Morgan fingerprint density at radius 2 is 1.65 bits per heavy atom. The van der Waals surface area contributed by atoms with Gasteiger partial charge in [0, 0.05) is 5.56 Å². The third-order valence-corrected chi connectivity index (χ3v) is 3.21. The third-order valence-electron chi connectivity index (χ3n) is 3.21. The predicted octanol–water partition coefficient (Wildman–Crippen LogP) is 2.14. The minimum absolute atomic E-state index is 0.159. The van der Waals surface area contributed by atoms with Crippen molar-refractivity contribution in [1.29, 1.82) is 0 Å². The molecule has 0 bridgehead atoms. The van der Waals surface area contributed by atoms with Crippen LogP contribution in [0.2, 0.25) is 0 Å². The molecule has 0 atom stereocenters. The van der Waals surface area contributed by atoms with E-state index >= 15 is 0 Å². The second kappa shape index (κ2) is 4.41. The summed E-state index contributed by atoms with van der Waals surface area (Å²) in [5.74, 6) is -0.726. The summed E-state index contributed by atoms with van der Waals surface area (Å²) in [6.45, 7) is 8.16. The maximum Gasteiger partial charge on any atom is 0.207 e. The quantitative estimate of drug-likeness (QED) is 0.854. The highest BCUT2D eigenvalue weighted by atomic mass is 16.7. The Labute approximate surface area is 103 Å². The van der Waals surface area contributed by atoms with Gasteiger partial charge in [0.1, 0.15) is 0 Å². The molecule has 94 valence electrons. The molecule has 1 heterocycles. The SMILES string of the molecule is CC(C)(C)c1ccc(C2(CN)OCCO2)cc1. The van der Waals surface area contributed by atoms with Gasteiger partial charge in [-0.15, -0.1) is 0 Å². The molecule has 1 saturated heterocycles. The van der Waals surface area contributed by atoms with E-state index in [1.807, 2.05) is 0 Å². The Hall–Kier alpha value is -0.900. The van der Waals surface area contributed by atoms with E-state index in [0.29, 0.717) is 19.8 Å². The zero-order chi connectivity index (χ0) is 12.5. The molecule has 2 N–H and O–H groups in total. The van der Waals surface area contributed by atoms with Gasteiger partial charge in [-0.1, -0.05) is 45.0 Å². The lowest BCUT2D eigenvalue weighted by molar-refractivity contribution is -0.156. The van der Waals surface area contributed by atoms with Gasteiger partial charge in [0.2, 0.25) is 5.79 Å². The molecule has 1 aromatic carbocycles. The summed E-state index contributed by atoms with van der Waals surface area (Å²) in [5, 5.41) is 0. The molecule has 0 aromatic heterocycles. The third kappa shape index (κ3) is 2.37. The minimum Gasteiger partial charge on any atom is -0.342 e. The molecule has 0 aliphatic carbocycles. The molecule has 1 aliphatic rings. The van der Waals surface area contributed by atoms with Crippen molar-refractivity contribution < 1.29 is 9.47 Å². The summed E-state index contributed by atoms with van der Waals surface area (Å²) >= 11 is 0. The molecular formula is C14H21NO2. The molecule has 0 saturated carbocycles. The summed E-state index contributed by atoms with van der Waals surface area (Å²) in [5.41, 5.74) is 8.24. The molecule has 0 amide bonds. The molecule has 0 spiro atoms. The normalized spacial score (nSPS) is 19.5. The lowest BCUT2D eigenvalue weighted by atomic mass is 9.86. The first kappa shape index (κ1) is 12.6. The van der Waals surface area contributed by atoms with Gasteiger partial charge >= 0.3 is 0 Å². The Morgan fingerprint density at radius 3 is 2.06 bits per heavy atom. The molecule has 3 heteroatoms. The monoisotopic (exact) mass is 235 g/mol. The predicted molar refractivity (Wildman–Crippen MR) is 67.8 cm³/mol. The van der Waals surface area contributed by atoms with Gasteiger partial charge in [-0.3, -0.25) is 0 Å². The van der Waals surface area contributed by atoms with E-state index in [-0.39, 0.29) is 5.41 Å². The summed E-state index contributed by atoms with van der Waals surface area (Å²) < 4.78 is 11.3. The average Bonchev–Trinajstić information content (AvgIpc) is 2.78.